The molecule has 1 aliphatic rings. The van der Waals surface area contributed by atoms with Crippen LogP contribution in [-0.4, -0.2) is 61.8 Å². The number of aliphatic hydroxyl groups excluding tert-OH is 2. The van der Waals surface area contributed by atoms with Gasteiger partial charge >= 0.3 is 0 Å². The smallest absolute Gasteiger partial charge is 0.224 e. The first-order valence-electron chi connectivity index (χ1n) is 6.29. The third-order valence-corrected chi connectivity index (χ3v) is 3.50. The van der Waals surface area contributed by atoms with E-state index in [1.54, 1.807) is 4.57 Å². The van der Waals surface area contributed by atoms with Gasteiger partial charge in [0.15, 0.2) is 17.7 Å². The fourth-order valence-electron chi connectivity index (χ4n) is 2.49. The Balaban J connectivity index is 2.08. The van der Waals surface area contributed by atoms with Crippen molar-refractivity contribution in [2.24, 2.45) is 0 Å². The number of fused-ring (bicyclic) bond motifs is 1. The monoisotopic (exact) mass is 296 g/mol. The molecule has 1 saturated heterocycles. The predicted octanol–water partition coefficient (Wildman–Crippen LogP) is -1.74. The zero-order valence-electron chi connectivity index (χ0n) is 11.2. The van der Waals surface area contributed by atoms with Gasteiger partial charge in [0.05, 0.1) is 12.9 Å². The van der Waals surface area contributed by atoms with Crippen molar-refractivity contribution < 1.29 is 19.7 Å². The van der Waals surface area contributed by atoms with Crippen LogP contribution in [0.25, 0.3) is 11.2 Å². The summed E-state index contributed by atoms with van der Waals surface area (Å²) in [5.41, 5.74) is 12.1. The van der Waals surface area contributed by atoms with E-state index in [0.717, 1.165) is 0 Å². The molecule has 1 aliphatic heterocycles. The average molecular weight is 296 g/mol. The fourth-order valence-corrected chi connectivity index (χ4v) is 2.49. The number of hydrogen-bond donors (Lipinski definition) is 4. The summed E-state index contributed by atoms with van der Waals surface area (Å²) in [7, 11) is 1.45. The van der Waals surface area contributed by atoms with Gasteiger partial charge in [0, 0.05) is 7.11 Å². The second-order valence-electron chi connectivity index (χ2n) is 4.73. The van der Waals surface area contributed by atoms with Crippen LogP contribution in [0.5, 0.6) is 0 Å². The molecule has 0 radical (unpaired) electrons. The van der Waals surface area contributed by atoms with Crippen LogP contribution in [0.1, 0.15) is 6.23 Å². The summed E-state index contributed by atoms with van der Waals surface area (Å²) in [4.78, 5) is 12.1. The van der Waals surface area contributed by atoms with Crippen LogP contribution in [0, 0.1) is 0 Å². The molecule has 4 atom stereocenters. The minimum absolute atomic E-state index is 0.00738. The van der Waals surface area contributed by atoms with Crippen LogP contribution in [0.2, 0.25) is 0 Å². The van der Waals surface area contributed by atoms with Gasteiger partial charge in [-0.25, -0.2) is 4.98 Å². The average Bonchev–Trinajstić information content (AvgIpc) is 2.99. The summed E-state index contributed by atoms with van der Waals surface area (Å²) in [6.07, 6.45) is -1.66. The van der Waals surface area contributed by atoms with E-state index < -0.39 is 24.5 Å². The predicted molar refractivity (Wildman–Crippen MR) is 71.9 cm³/mol. The highest BCUT2D eigenvalue weighted by molar-refractivity contribution is 5.82. The zero-order valence-corrected chi connectivity index (χ0v) is 11.2. The van der Waals surface area contributed by atoms with Crippen LogP contribution >= 0.6 is 0 Å². The van der Waals surface area contributed by atoms with Crippen molar-refractivity contribution in [2.45, 2.75) is 24.5 Å². The third-order valence-electron chi connectivity index (χ3n) is 3.50. The molecule has 0 aliphatic carbocycles. The second kappa shape index (κ2) is 5.07. The normalized spacial score (nSPS) is 29.3. The van der Waals surface area contributed by atoms with Crippen molar-refractivity contribution in [3.05, 3.63) is 6.33 Å². The molecule has 2 unspecified atom stereocenters. The molecule has 21 heavy (non-hydrogen) atoms. The molecule has 0 aromatic carbocycles. The maximum atomic E-state index is 10.1. The molecule has 114 valence electrons. The standard InChI is InChI=1S/C11H16N6O4/c1-20-7-6(19)4(2-18)21-10(7)17-3-14-5-8(12)15-11(13)16-9(5)17/h3-4,6-7,10,18-19H,2H2,1H3,(H4,12,13,15,16)/t4-,6?,7?,10-/m1/s1. The Morgan fingerprint density at radius 2 is 2.19 bits per heavy atom. The molecule has 0 saturated carbocycles. The van der Waals surface area contributed by atoms with Crippen LogP contribution in [0.4, 0.5) is 11.8 Å². The van der Waals surface area contributed by atoms with E-state index in [1.165, 1.54) is 13.4 Å². The Morgan fingerprint density at radius 1 is 1.43 bits per heavy atom. The molecule has 10 nitrogen and oxygen atoms in total. The highest BCUT2D eigenvalue weighted by Gasteiger charge is 2.45. The second-order valence-corrected chi connectivity index (χ2v) is 4.73. The first-order chi connectivity index (χ1) is 10.1. The number of aromatic nitrogens is 4. The van der Waals surface area contributed by atoms with Crippen LogP contribution in [0.3, 0.4) is 0 Å². The van der Waals surface area contributed by atoms with Crippen molar-refractivity contribution >= 4 is 22.9 Å². The van der Waals surface area contributed by atoms with Gasteiger partial charge in [-0.1, -0.05) is 0 Å². The van der Waals surface area contributed by atoms with Crippen molar-refractivity contribution in [2.75, 3.05) is 25.2 Å². The van der Waals surface area contributed by atoms with E-state index >= 15 is 0 Å². The first kappa shape index (κ1) is 13.9. The molecular formula is C11H16N6O4. The highest BCUT2D eigenvalue weighted by Crippen LogP contribution is 2.33. The summed E-state index contributed by atoms with van der Waals surface area (Å²) < 4.78 is 12.4. The summed E-state index contributed by atoms with van der Waals surface area (Å²) in [6.45, 7) is -0.330. The van der Waals surface area contributed by atoms with E-state index in [2.05, 4.69) is 15.0 Å². The molecule has 0 spiro atoms. The van der Waals surface area contributed by atoms with Gasteiger partial charge in [-0.05, 0) is 0 Å². The Morgan fingerprint density at radius 3 is 2.86 bits per heavy atom. The lowest BCUT2D eigenvalue weighted by molar-refractivity contribution is -0.0583. The summed E-state index contributed by atoms with van der Waals surface area (Å²) in [5.74, 6) is 0.162. The topological polar surface area (TPSA) is 155 Å². The molecule has 6 N–H and O–H groups in total. The molecule has 2 aromatic heterocycles. The largest absolute Gasteiger partial charge is 0.394 e. The molecule has 2 aromatic rings. The molecule has 0 amide bonds. The molecular weight excluding hydrogens is 280 g/mol. The van der Waals surface area contributed by atoms with Gasteiger partial charge < -0.3 is 31.2 Å². The van der Waals surface area contributed by atoms with Crippen LogP contribution in [0.15, 0.2) is 6.33 Å². The van der Waals surface area contributed by atoms with E-state index in [-0.39, 0.29) is 18.4 Å². The van der Waals surface area contributed by atoms with E-state index in [4.69, 9.17) is 20.9 Å². The number of nitrogens with zero attached hydrogens (tertiary/aromatic N) is 4. The Labute approximate surface area is 119 Å². The summed E-state index contributed by atoms with van der Waals surface area (Å²) >= 11 is 0. The number of imidazole rings is 1. The van der Waals surface area contributed by atoms with E-state index in [0.29, 0.717) is 11.2 Å². The lowest BCUT2D eigenvalue weighted by atomic mass is 10.1. The van der Waals surface area contributed by atoms with E-state index in [1.807, 2.05) is 0 Å². The SMILES string of the molecule is COC1C(O)[C@@H](CO)O[C@H]1n1cnc2c(N)nc(N)nc21. The number of anilines is 2. The van der Waals surface area contributed by atoms with Crippen molar-refractivity contribution in [1.29, 1.82) is 0 Å². The van der Waals surface area contributed by atoms with Gasteiger partial charge in [0.1, 0.15) is 23.8 Å². The Hall–Kier alpha value is -2.01. The fraction of sp³-hybridized carbons (Fsp3) is 0.545. The molecule has 1 fully saturated rings. The maximum absolute atomic E-state index is 10.1. The van der Waals surface area contributed by atoms with Gasteiger partial charge in [-0.15, -0.1) is 0 Å². The highest BCUT2D eigenvalue weighted by atomic mass is 16.6. The quantitative estimate of drug-likeness (QED) is 0.516. The number of rotatable bonds is 3. The first-order valence-corrected chi connectivity index (χ1v) is 6.29. The number of ether oxygens (including phenoxy) is 2. The summed E-state index contributed by atoms with van der Waals surface area (Å²) in [5, 5.41) is 19.3. The minimum atomic E-state index is -0.973. The maximum Gasteiger partial charge on any atom is 0.224 e. The van der Waals surface area contributed by atoms with Crippen molar-refractivity contribution in [1.82, 2.24) is 19.5 Å². The van der Waals surface area contributed by atoms with Crippen molar-refractivity contribution in [3.8, 4) is 0 Å². The number of nitrogens with two attached hydrogens (primary N) is 2. The molecule has 3 rings (SSSR count). The minimum Gasteiger partial charge on any atom is -0.394 e. The lowest BCUT2D eigenvalue weighted by Crippen LogP contribution is -2.34. The van der Waals surface area contributed by atoms with Gasteiger partial charge in [0.2, 0.25) is 5.95 Å². The number of nitrogen functional groups attached to an aromatic ring is 2. The number of aliphatic hydroxyl groups is 2. The van der Waals surface area contributed by atoms with Crippen LogP contribution < -0.4 is 11.5 Å². The number of hydrogen-bond acceptors (Lipinski definition) is 9. The zero-order chi connectivity index (χ0) is 15.1. The van der Waals surface area contributed by atoms with Gasteiger partial charge in [-0.3, -0.25) is 4.57 Å². The molecule has 10 heteroatoms. The van der Waals surface area contributed by atoms with Crippen molar-refractivity contribution in [3.63, 3.8) is 0 Å². The van der Waals surface area contributed by atoms with E-state index in [9.17, 15) is 10.2 Å². The Kier molecular flexibility index (Phi) is 3.37. The molecule has 0 bridgehead atoms. The molecule has 3 heterocycles. The number of methoxy groups -OCH3 is 1. The van der Waals surface area contributed by atoms with Gasteiger partial charge in [-0.2, -0.15) is 9.97 Å². The third kappa shape index (κ3) is 2.08. The lowest BCUT2D eigenvalue weighted by Gasteiger charge is -2.19. The van der Waals surface area contributed by atoms with Gasteiger partial charge in [0.25, 0.3) is 0 Å². The Bertz CT molecular complexity index is 661. The van der Waals surface area contributed by atoms with Crippen LogP contribution in [-0.2, 0) is 9.47 Å². The summed E-state index contributed by atoms with van der Waals surface area (Å²) in [6, 6.07) is 0.